The van der Waals surface area contributed by atoms with Crippen LogP contribution in [0.2, 0.25) is 5.15 Å². The quantitative estimate of drug-likeness (QED) is 0.479. The zero-order chi connectivity index (χ0) is 15.1. The lowest BCUT2D eigenvalue weighted by atomic mass is 10.0. The molecule has 22 heavy (non-hydrogen) atoms. The first-order valence-electron chi connectivity index (χ1n) is 6.85. The lowest BCUT2D eigenvalue weighted by molar-refractivity contribution is 1.22. The normalized spacial score (nSPS) is 10.9. The van der Waals surface area contributed by atoms with Gasteiger partial charge in [0.2, 0.25) is 0 Å². The number of rotatable bonds is 1. The summed E-state index contributed by atoms with van der Waals surface area (Å²) >= 11 is 6.47. The Morgan fingerprint density at radius 3 is 2.50 bits per heavy atom. The molecule has 0 bridgehead atoms. The maximum atomic E-state index is 9.65. The summed E-state index contributed by atoms with van der Waals surface area (Å²) in [7, 11) is 0. The van der Waals surface area contributed by atoms with Crippen molar-refractivity contribution < 1.29 is 0 Å². The zero-order valence-corrected chi connectivity index (χ0v) is 12.2. The summed E-state index contributed by atoms with van der Waals surface area (Å²) < 4.78 is 1.82. The Balaban J connectivity index is 2.18. The average molecular weight is 304 g/mol. The van der Waals surface area contributed by atoms with Crippen molar-refractivity contribution in [1.82, 2.24) is 9.38 Å². The number of fused-ring (bicyclic) bond motifs is 3. The average Bonchev–Trinajstić information content (AvgIpc) is 2.95. The van der Waals surface area contributed by atoms with Crippen LogP contribution in [-0.4, -0.2) is 9.38 Å². The molecular weight excluding hydrogens is 294 g/mol. The van der Waals surface area contributed by atoms with Crippen LogP contribution < -0.4 is 0 Å². The van der Waals surface area contributed by atoms with Gasteiger partial charge in [0.05, 0.1) is 11.0 Å². The highest BCUT2D eigenvalue weighted by Gasteiger charge is 2.16. The molecule has 0 N–H and O–H groups in total. The van der Waals surface area contributed by atoms with E-state index in [0.717, 1.165) is 22.2 Å². The van der Waals surface area contributed by atoms with Crippen molar-refractivity contribution in [3.05, 3.63) is 71.4 Å². The third-order valence-electron chi connectivity index (χ3n) is 3.73. The number of aromatic nitrogens is 2. The van der Waals surface area contributed by atoms with Gasteiger partial charge >= 0.3 is 0 Å². The summed E-state index contributed by atoms with van der Waals surface area (Å²) in [6.07, 6.45) is 0. The van der Waals surface area contributed by atoms with Crippen molar-refractivity contribution in [2.45, 2.75) is 0 Å². The highest BCUT2D eigenvalue weighted by Crippen LogP contribution is 2.32. The third-order valence-corrected chi connectivity index (χ3v) is 4.01. The molecule has 0 amide bonds. The van der Waals surface area contributed by atoms with Crippen LogP contribution in [0, 0.1) is 11.3 Å². The molecule has 2 heterocycles. The number of para-hydroxylation sites is 2. The Morgan fingerprint density at radius 1 is 1.00 bits per heavy atom. The molecule has 0 radical (unpaired) electrons. The van der Waals surface area contributed by atoms with Crippen molar-refractivity contribution in [3.8, 4) is 17.2 Å². The molecule has 0 unspecified atom stereocenters. The number of hydrogen-bond donors (Lipinski definition) is 0. The number of pyridine rings is 1. The second kappa shape index (κ2) is 4.87. The maximum Gasteiger partial charge on any atom is 0.157 e. The summed E-state index contributed by atoms with van der Waals surface area (Å²) in [5, 5.41) is 10.2. The molecule has 0 fully saturated rings. The number of benzene rings is 2. The summed E-state index contributed by atoms with van der Waals surface area (Å²) in [4.78, 5) is 4.59. The van der Waals surface area contributed by atoms with Gasteiger partial charge in [-0.15, -0.1) is 0 Å². The number of nitriles is 1. The molecule has 0 aliphatic carbocycles. The minimum Gasteiger partial charge on any atom is -0.282 e. The van der Waals surface area contributed by atoms with E-state index >= 15 is 0 Å². The van der Waals surface area contributed by atoms with E-state index in [-0.39, 0.29) is 0 Å². The molecule has 0 saturated carbocycles. The first-order chi connectivity index (χ1) is 10.8. The number of hydrogen-bond acceptors (Lipinski definition) is 2. The Bertz CT molecular complexity index is 1040. The Kier molecular flexibility index (Phi) is 2.85. The van der Waals surface area contributed by atoms with Gasteiger partial charge in [-0.1, -0.05) is 54.1 Å². The van der Waals surface area contributed by atoms with Crippen LogP contribution in [0.25, 0.3) is 27.8 Å². The van der Waals surface area contributed by atoms with E-state index in [2.05, 4.69) is 11.1 Å². The zero-order valence-electron chi connectivity index (χ0n) is 11.5. The Labute approximate surface area is 132 Å². The molecule has 4 rings (SSSR count). The first kappa shape index (κ1) is 12.9. The molecule has 4 heteroatoms. The minimum absolute atomic E-state index is 0.534. The van der Waals surface area contributed by atoms with Crippen LogP contribution in [0.3, 0.4) is 0 Å². The molecule has 0 aliphatic heterocycles. The largest absolute Gasteiger partial charge is 0.282 e. The van der Waals surface area contributed by atoms with Gasteiger partial charge in [-0.05, 0) is 23.8 Å². The molecule has 2 aromatic carbocycles. The van der Waals surface area contributed by atoms with E-state index in [1.807, 2.05) is 65.1 Å². The van der Waals surface area contributed by atoms with Crippen LogP contribution in [-0.2, 0) is 0 Å². The van der Waals surface area contributed by atoms with Crippen LogP contribution in [0.5, 0.6) is 0 Å². The molecule has 104 valence electrons. The molecular formula is C18H10ClN3. The summed E-state index contributed by atoms with van der Waals surface area (Å²) in [6.45, 7) is 0. The van der Waals surface area contributed by atoms with Gasteiger partial charge in [0.1, 0.15) is 16.8 Å². The fourth-order valence-electron chi connectivity index (χ4n) is 2.74. The van der Waals surface area contributed by atoms with E-state index in [0.29, 0.717) is 16.4 Å². The first-order valence-corrected chi connectivity index (χ1v) is 7.22. The fourth-order valence-corrected chi connectivity index (χ4v) is 3.02. The Morgan fingerprint density at radius 2 is 1.73 bits per heavy atom. The Hall–Kier alpha value is -2.83. The topological polar surface area (TPSA) is 41.1 Å². The second-order valence-corrected chi connectivity index (χ2v) is 5.38. The van der Waals surface area contributed by atoms with Gasteiger partial charge < -0.3 is 0 Å². The van der Waals surface area contributed by atoms with Gasteiger partial charge in [0.15, 0.2) is 5.65 Å². The smallest absolute Gasteiger partial charge is 0.157 e. The highest BCUT2D eigenvalue weighted by molar-refractivity contribution is 6.30. The molecule has 2 aromatic heterocycles. The fraction of sp³-hybridized carbons (Fsp3) is 0. The molecule has 4 aromatic rings. The summed E-state index contributed by atoms with van der Waals surface area (Å²) in [5.41, 5.74) is 4.61. The SMILES string of the molecule is N#Cc1c(-c2ccccc2)cc(Cl)n2c1nc1ccccc12. The van der Waals surface area contributed by atoms with Crippen LogP contribution >= 0.6 is 11.6 Å². The summed E-state index contributed by atoms with van der Waals surface area (Å²) in [6, 6.07) is 21.6. The maximum absolute atomic E-state index is 9.65. The van der Waals surface area contributed by atoms with Gasteiger partial charge in [-0.3, -0.25) is 4.40 Å². The van der Waals surface area contributed by atoms with Crippen LogP contribution in [0.15, 0.2) is 60.7 Å². The molecule has 0 atom stereocenters. The minimum atomic E-state index is 0.534. The van der Waals surface area contributed by atoms with E-state index in [4.69, 9.17) is 11.6 Å². The van der Waals surface area contributed by atoms with Gasteiger partial charge in [-0.2, -0.15) is 5.26 Å². The van der Waals surface area contributed by atoms with E-state index in [1.54, 1.807) is 0 Å². The lowest BCUT2D eigenvalue weighted by Gasteiger charge is -2.08. The van der Waals surface area contributed by atoms with E-state index in [1.165, 1.54) is 0 Å². The van der Waals surface area contributed by atoms with Gasteiger partial charge in [0.25, 0.3) is 0 Å². The van der Waals surface area contributed by atoms with Gasteiger partial charge in [-0.25, -0.2) is 4.98 Å². The highest BCUT2D eigenvalue weighted by atomic mass is 35.5. The molecule has 0 spiro atoms. The number of imidazole rings is 1. The van der Waals surface area contributed by atoms with Crippen LogP contribution in [0.1, 0.15) is 5.56 Å². The molecule has 3 nitrogen and oxygen atoms in total. The molecule has 0 saturated heterocycles. The van der Waals surface area contributed by atoms with Crippen molar-refractivity contribution in [3.63, 3.8) is 0 Å². The van der Waals surface area contributed by atoms with Crippen molar-refractivity contribution in [1.29, 1.82) is 5.26 Å². The van der Waals surface area contributed by atoms with Gasteiger partial charge in [0, 0.05) is 5.56 Å². The monoisotopic (exact) mass is 303 g/mol. The number of nitrogens with zero attached hydrogens (tertiary/aromatic N) is 3. The summed E-state index contributed by atoms with van der Waals surface area (Å²) in [5.74, 6) is 0. The predicted octanol–water partition coefficient (Wildman–Crippen LogP) is 4.68. The van der Waals surface area contributed by atoms with E-state index in [9.17, 15) is 5.26 Å². The second-order valence-electron chi connectivity index (χ2n) is 4.99. The molecule has 0 aliphatic rings. The third kappa shape index (κ3) is 1.78. The standard InChI is InChI=1S/C18H10ClN3/c19-17-10-13(12-6-2-1-3-7-12)14(11-20)18-21-15-8-4-5-9-16(15)22(17)18/h1-10H. The van der Waals surface area contributed by atoms with Crippen molar-refractivity contribution >= 4 is 28.3 Å². The lowest BCUT2D eigenvalue weighted by Crippen LogP contribution is -1.95. The van der Waals surface area contributed by atoms with Crippen molar-refractivity contribution in [2.75, 3.05) is 0 Å². The van der Waals surface area contributed by atoms with E-state index < -0.39 is 0 Å². The van der Waals surface area contributed by atoms with Crippen molar-refractivity contribution in [2.24, 2.45) is 0 Å². The predicted molar refractivity (Wildman–Crippen MR) is 87.9 cm³/mol. The number of halogens is 1. The van der Waals surface area contributed by atoms with Crippen LogP contribution in [0.4, 0.5) is 0 Å².